The number of rotatable bonds is 3. The molecule has 0 radical (unpaired) electrons. The second kappa shape index (κ2) is 4.50. The Morgan fingerprint density at radius 3 is 2.64 bits per heavy atom. The Morgan fingerprint density at radius 2 is 1.93 bits per heavy atom. The highest BCUT2D eigenvalue weighted by molar-refractivity contribution is 5.06. The number of hydrogen-bond acceptors (Lipinski definition) is 6. The molecule has 78 valence electrons. The summed E-state index contributed by atoms with van der Waals surface area (Å²) in [5, 5.41) is 7.56. The highest BCUT2D eigenvalue weighted by atomic mass is 16.6. The van der Waals surface area contributed by atoms with Crippen LogP contribution in [0.5, 0.6) is 0 Å². The average molecular weight is 198 g/mol. The van der Waals surface area contributed by atoms with Crippen LogP contribution in [0.2, 0.25) is 0 Å². The van der Waals surface area contributed by atoms with Crippen molar-refractivity contribution < 1.29 is 9.37 Å². The number of aromatic nitrogens is 2. The fourth-order valence-corrected chi connectivity index (χ4v) is 1.47. The van der Waals surface area contributed by atoms with E-state index < -0.39 is 0 Å². The zero-order valence-corrected chi connectivity index (χ0v) is 7.98. The second-order valence-electron chi connectivity index (χ2n) is 3.25. The third kappa shape index (κ3) is 2.09. The lowest BCUT2D eigenvalue weighted by Gasteiger charge is -2.25. The molecule has 1 aromatic heterocycles. The first-order chi connectivity index (χ1) is 6.90. The number of nitrogens with zero attached hydrogens (tertiary/aromatic N) is 3. The Labute approximate surface area is 82.0 Å². The van der Waals surface area contributed by atoms with Gasteiger partial charge in [0.15, 0.2) is 0 Å². The van der Waals surface area contributed by atoms with Crippen LogP contribution in [-0.2, 0) is 17.8 Å². The maximum atomic E-state index is 5.49. The molecule has 2 N–H and O–H groups in total. The van der Waals surface area contributed by atoms with E-state index in [1.165, 1.54) is 0 Å². The zero-order valence-electron chi connectivity index (χ0n) is 7.98. The van der Waals surface area contributed by atoms with Crippen molar-refractivity contribution in [2.75, 3.05) is 26.3 Å². The van der Waals surface area contributed by atoms with E-state index in [4.69, 9.17) is 10.5 Å². The van der Waals surface area contributed by atoms with Crippen LogP contribution in [0.3, 0.4) is 0 Å². The van der Waals surface area contributed by atoms with Gasteiger partial charge in [-0.05, 0) is 0 Å². The summed E-state index contributed by atoms with van der Waals surface area (Å²) in [7, 11) is 0. The molecular formula is C8H14N4O2. The van der Waals surface area contributed by atoms with Crippen molar-refractivity contribution in [2.45, 2.75) is 13.1 Å². The van der Waals surface area contributed by atoms with Crippen molar-refractivity contribution in [3.8, 4) is 0 Å². The molecule has 1 aromatic rings. The Bertz CT molecular complexity index is 283. The van der Waals surface area contributed by atoms with Gasteiger partial charge in [-0.3, -0.25) is 4.90 Å². The molecule has 0 aromatic carbocycles. The molecule has 6 heteroatoms. The van der Waals surface area contributed by atoms with Gasteiger partial charge in [0, 0.05) is 26.2 Å². The van der Waals surface area contributed by atoms with Gasteiger partial charge in [-0.2, -0.15) is 0 Å². The first-order valence-electron chi connectivity index (χ1n) is 4.70. The molecule has 0 saturated carbocycles. The van der Waals surface area contributed by atoms with E-state index in [0.717, 1.165) is 44.2 Å². The van der Waals surface area contributed by atoms with E-state index >= 15 is 0 Å². The van der Waals surface area contributed by atoms with Gasteiger partial charge >= 0.3 is 0 Å². The summed E-state index contributed by atoms with van der Waals surface area (Å²) in [5.41, 5.74) is 7.08. The Hall–Kier alpha value is -0.980. The quantitative estimate of drug-likeness (QED) is 0.696. The van der Waals surface area contributed by atoms with Gasteiger partial charge in [-0.1, -0.05) is 10.3 Å². The molecule has 6 nitrogen and oxygen atoms in total. The van der Waals surface area contributed by atoms with Gasteiger partial charge in [-0.25, -0.2) is 4.63 Å². The minimum Gasteiger partial charge on any atom is -0.379 e. The summed E-state index contributed by atoms with van der Waals surface area (Å²) < 4.78 is 9.89. The maximum absolute atomic E-state index is 5.49. The molecule has 0 unspecified atom stereocenters. The predicted octanol–water partition coefficient (Wildman–Crippen LogP) is -0.639. The van der Waals surface area contributed by atoms with Crippen LogP contribution in [0.4, 0.5) is 0 Å². The average Bonchev–Trinajstić information content (AvgIpc) is 2.67. The minimum absolute atomic E-state index is 0.378. The minimum atomic E-state index is 0.378. The summed E-state index contributed by atoms with van der Waals surface area (Å²) in [6, 6.07) is 0. The summed E-state index contributed by atoms with van der Waals surface area (Å²) >= 11 is 0. The lowest BCUT2D eigenvalue weighted by Crippen LogP contribution is -2.36. The lowest BCUT2D eigenvalue weighted by atomic mass is 10.3. The predicted molar refractivity (Wildman–Crippen MR) is 48.3 cm³/mol. The highest BCUT2D eigenvalue weighted by Crippen LogP contribution is 2.07. The highest BCUT2D eigenvalue weighted by Gasteiger charge is 2.15. The molecule has 1 aliphatic rings. The molecule has 0 amide bonds. The van der Waals surface area contributed by atoms with Crippen molar-refractivity contribution in [1.29, 1.82) is 0 Å². The van der Waals surface area contributed by atoms with Crippen LogP contribution >= 0.6 is 0 Å². The van der Waals surface area contributed by atoms with Gasteiger partial charge in [0.2, 0.25) is 0 Å². The third-order valence-electron chi connectivity index (χ3n) is 2.31. The molecule has 1 saturated heterocycles. The van der Waals surface area contributed by atoms with Crippen LogP contribution in [0, 0.1) is 0 Å². The van der Waals surface area contributed by atoms with Crippen LogP contribution in [-0.4, -0.2) is 41.5 Å². The van der Waals surface area contributed by atoms with Crippen molar-refractivity contribution in [3.05, 3.63) is 11.4 Å². The first kappa shape index (κ1) is 9.57. The maximum Gasteiger partial charge on any atom is 0.123 e. The van der Waals surface area contributed by atoms with Gasteiger partial charge in [0.1, 0.15) is 11.4 Å². The molecule has 2 heterocycles. The summed E-state index contributed by atoms with van der Waals surface area (Å²) in [4.78, 5) is 2.25. The third-order valence-corrected chi connectivity index (χ3v) is 2.31. The van der Waals surface area contributed by atoms with E-state index in [2.05, 4.69) is 19.8 Å². The molecule has 0 spiro atoms. The second-order valence-corrected chi connectivity index (χ2v) is 3.25. The van der Waals surface area contributed by atoms with E-state index in [-0.39, 0.29) is 0 Å². The molecule has 0 atom stereocenters. The van der Waals surface area contributed by atoms with Crippen molar-refractivity contribution in [1.82, 2.24) is 15.2 Å². The molecule has 0 aliphatic carbocycles. The van der Waals surface area contributed by atoms with E-state index in [1.807, 2.05) is 0 Å². The standard InChI is InChI=1S/C8H14N4O2/c9-5-7-8(11-14-10-7)6-12-1-3-13-4-2-12/h1-6,9H2. The topological polar surface area (TPSA) is 77.4 Å². The summed E-state index contributed by atoms with van der Waals surface area (Å²) in [6.45, 7) is 4.54. The molecular weight excluding hydrogens is 184 g/mol. The molecule has 14 heavy (non-hydrogen) atoms. The van der Waals surface area contributed by atoms with Crippen molar-refractivity contribution >= 4 is 0 Å². The normalized spacial score (nSPS) is 18.6. The zero-order chi connectivity index (χ0) is 9.80. The first-order valence-corrected chi connectivity index (χ1v) is 4.70. The fourth-order valence-electron chi connectivity index (χ4n) is 1.47. The van der Waals surface area contributed by atoms with Crippen LogP contribution in [0.1, 0.15) is 11.4 Å². The monoisotopic (exact) mass is 198 g/mol. The number of ether oxygens (including phenoxy) is 1. The molecule has 0 bridgehead atoms. The Morgan fingerprint density at radius 1 is 1.21 bits per heavy atom. The van der Waals surface area contributed by atoms with Crippen LogP contribution in [0.15, 0.2) is 4.63 Å². The summed E-state index contributed by atoms with van der Waals surface area (Å²) in [5.74, 6) is 0. The summed E-state index contributed by atoms with van der Waals surface area (Å²) in [6.07, 6.45) is 0. The largest absolute Gasteiger partial charge is 0.379 e. The van der Waals surface area contributed by atoms with Crippen molar-refractivity contribution in [2.24, 2.45) is 5.73 Å². The Balaban J connectivity index is 1.95. The van der Waals surface area contributed by atoms with Crippen LogP contribution < -0.4 is 5.73 Å². The molecule has 1 fully saturated rings. The van der Waals surface area contributed by atoms with Gasteiger partial charge < -0.3 is 10.5 Å². The lowest BCUT2D eigenvalue weighted by molar-refractivity contribution is 0.0331. The van der Waals surface area contributed by atoms with E-state index in [1.54, 1.807) is 0 Å². The van der Waals surface area contributed by atoms with Crippen molar-refractivity contribution in [3.63, 3.8) is 0 Å². The van der Waals surface area contributed by atoms with Gasteiger partial charge in [-0.15, -0.1) is 0 Å². The fraction of sp³-hybridized carbons (Fsp3) is 0.750. The van der Waals surface area contributed by atoms with Gasteiger partial charge in [0.25, 0.3) is 0 Å². The number of morpholine rings is 1. The van der Waals surface area contributed by atoms with Gasteiger partial charge in [0.05, 0.1) is 13.2 Å². The van der Waals surface area contributed by atoms with Crippen LogP contribution in [0.25, 0.3) is 0 Å². The Kier molecular flexibility index (Phi) is 3.07. The molecule has 2 rings (SSSR count). The van der Waals surface area contributed by atoms with E-state index in [0.29, 0.717) is 6.54 Å². The SMILES string of the molecule is NCc1nonc1CN1CCOCC1. The smallest absolute Gasteiger partial charge is 0.123 e. The number of nitrogens with two attached hydrogens (primary N) is 1. The molecule has 1 aliphatic heterocycles. The number of hydrogen-bond donors (Lipinski definition) is 1. The van der Waals surface area contributed by atoms with E-state index in [9.17, 15) is 0 Å².